The van der Waals surface area contributed by atoms with Gasteiger partial charge in [-0.15, -0.1) is 0 Å². The van der Waals surface area contributed by atoms with E-state index in [-0.39, 0.29) is 11.3 Å². The molecule has 2 N–H and O–H groups in total. The summed E-state index contributed by atoms with van der Waals surface area (Å²) in [6, 6.07) is 0. The molecule has 2 aliphatic carbocycles. The third kappa shape index (κ3) is 1.56. The SMILES string of the molecule is CC1(C)CC[C@H](O)[C@]2(C)C3=C(CC[C@@H]12)C(=O)O[C@H]3O. The van der Waals surface area contributed by atoms with Gasteiger partial charge in [-0.2, -0.15) is 0 Å². The number of hydrogen-bond donors (Lipinski definition) is 2. The van der Waals surface area contributed by atoms with Gasteiger partial charge in [0.25, 0.3) is 0 Å². The molecule has 106 valence electrons. The van der Waals surface area contributed by atoms with Gasteiger partial charge < -0.3 is 14.9 Å². The van der Waals surface area contributed by atoms with E-state index in [1.807, 2.05) is 6.92 Å². The van der Waals surface area contributed by atoms with Crippen molar-refractivity contribution < 1.29 is 19.7 Å². The molecule has 0 aromatic carbocycles. The second-order valence-corrected chi connectivity index (χ2v) is 7.07. The molecule has 19 heavy (non-hydrogen) atoms. The van der Waals surface area contributed by atoms with Crippen LogP contribution in [-0.4, -0.2) is 28.6 Å². The van der Waals surface area contributed by atoms with Gasteiger partial charge >= 0.3 is 5.97 Å². The van der Waals surface area contributed by atoms with Crippen molar-refractivity contribution in [3.63, 3.8) is 0 Å². The summed E-state index contributed by atoms with van der Waals surface area (Å²) < 4.78 is 4.97. The van der Waals surface area contributed by atoms with Gasteiger partial charge in [-0.05, 0) is 37.0 Å². The van der Waals surface area contributed by atoms with Crippen LogP contribution in [0, 0.1) is 16.7 Å². The van der Waals surface area contributed by atoms with Crippen molar-refractivity contribution >= 4 is 5.97 Å². The fourth-order valence-electron chi connectivity index (χ4n) is 4.69. The van der Waals surface area contributed by atoms with E-state index < -0.39 is 23.8 Å². The Balaban J connectivity index is 2.14. The lowest BCUT2D eigenvalue weighted by Gasteiger charge is -2.56. The molecule has 4 heteroatoms. The molecule has 4 nitrogen and oxygen atoms in total. The lowest BCUT2D eigenvalue weighted by atomic mass is 9.49. The minimum absolute atomic E-state index is 0.109. The van der Waals surface area contributed by atoms with Crippen LogP contribution in [0.3, 0.4) is 0 Å². The molecule has 0 saturated heterocycles. The number of rotatable bonds is 0. The predicted molar refractivity (Wildman–Crippen MR) is 69.0 cm³/mol. The van der Waals surface area contributed by atoms with Crippen molar-refractivity contribution in [3.8, 4) is 0 Å². The molecule has 0 unspecified atom stereocenters. The van der Waals surface area contributed by atoms with Gasteiger partial charge in [-0.25, -0.2) is 4.79 Å². The van der Waals surface area contributed by atoms with Crippen molar-refractivity contribution in [1.82, 2.24) is 0 Å². The maximum Gasteiger partial charge on any atom is 0.336 e. The van der Waals surface area contributed by atoms with Gasteiger partial charge in [-0.1, -0.05) is 20.8 Å². The van der Waals surface area contributed by atoms with Gasteiger partial charge in [0, 0.05) is 16.6 Å². The first-order chi connectivity index (χ1) is 8.78. The summed E-state index contributed by atoms with van der Waals surface area (Å²) in [5.41, 5.74) is 0.815. The van der Waals surface area contributed by atoms with Crippen LogP contribution in [0.5, 0.6) is 0 Å². The first-order valence-electron chi connectivity index (χ1n) is 7.09. The minimum atomic E-state index is -1.17. The second kappa shape index (κ2) is 3.83. The van der Waals surface area contributed by atoms with Crippen LogP contribution < -0.4 is 0 Å². The van der Waals surface area contributed by atoms with E-state index in [0.29, 0.717) is 24.0 Å². The summed E-state index contributed by atoms with van der Waals surface area (Å²) in [5.74, 6) is -0.135. The number of hydrogen-bond acceptors (Lipinski definition) is 4. The van der Waals surface area contributed by atoms with E-state index >= 15 is 0 Å². The molecule has 1 fully saturated rings. The number of aliphatic hydroxyl groups is 2. The third-order valence-electron chi connectivity index (χ3n) is 5.72. The van der Waals surface area contributed by atoms with E-state index in [1.54, 1.807) is 0 Å². The summed E-state index contributed by atoms with van der Waals surface area (Å²) in [5, 5.41) is 20.6. The monoisotopic (exact) mass is 266 g/mol. The third-order valence-corrected chi connectivity index (χ3v) is 5.72. The largest absolute Gasteiger partial charge is 0.428 e. The number of carbonyl (C=O) groups excluding carboxylic acids is 1. The standard InChI is InChI=1S/C15H22O4/c1-14(2)7-6-10(16)15(3)9(14)5-4-8-11(15)13(18)19-12(8)17/h9-10,13,16,18H,4-7H2,1-3H3/t9-,10-,13+,15+/m0/s1. The Kier molecular flexibility index (Phi) is 2.64. The van der Waals surface area contributed by atoms with Crippen LogP contribution >= 0.6 is 0 Å². The normalized spacial score (nSPS) is 44.7. The van der Waals surface area contributed by atoms with E-state index in [1.165, 1.54) is 0 Å². The van der Waals surface area contributed by atoms with Crippen LogP contribution in [0.2, 0.25) is 0 Å². The average molecular weight is 266 g/mol. The first-order valence-corrected chi connectivity index (χ1v) is 7.09. The summed E-state index contributed by atoms with van der Waals surface area (Å²) in [7, 11) is 0. The van der Waals surface area contributed by atoms with Gasteiger partial charge in [0.2, 0.25) is 6.29 Å². The molecule has 4 atom stereocenters. The highest BCUT2D eigenvalue weighted by molar-refractivity contribution is 5.92. The summed E-state index contributed by atoms with van der Waals surface area (Å²) >= 11 is 0. The lowest BCUT2D eigenvalue weighted by molar-refractivity contribution is -0.155. The highest BCUT2D eigenvalue weighted by atomic mass is 16.6. The maximum absolute atomic E-state index is 11.8. The zero-order valence-electron chi connectivity index (χ0n) is 11.8. The van der Waals surface area contributed by atoms with E-state index in [9.17, 15) is 15.0 Å². The smallest absolute Gasteiger partial charge is 0.336 e. The molecule has 0 aromatic heterocycles. The number of aliphatic hydroxyl groups excluding tert-OH is 2. The van der Waals surface area contributed by atoms with E-state index in [0.717, 1.165) is 12.8 Å². The quantitative estimate of drug-likeness (QED) is 0.656. The molecule has 1 saturated carbocycles. The predicted octanol–water partition coefficient (Wildman–Crippen LogP) is 1.76. The van der Waals surface area contributed by atoms with Crippen LogP contribution in [0.4, 0.5) is 0 Å². The Morgan fingerprint density at radius 2 is 1.89 bits per heavy atom. The van der Waals surface area contributed by atoms with E-state index in [2.05, 4.69) is 13.8 Å². The highest BCUT2D eigenvalue weighted by Crippen LogP contribution is 2.61. The Morgan fingerprint density at radius 3 is 2.58 bits per heavy atom. The molecule has 0 amide bonds. The molecule has 3 aliphatic rings. The highest BCUT2D eigenvalue weighted by Gasteiger charge is 2.59. The number of esters is 1. The molecular weight excluding hydrogens is 244 g/mol. The van der Waals surface area contributed by atoms with Gasteiger partial charge in [0.1, 0.15) is 0 Å². The van der Waals surface area contributed by atoms with Crippen molar-refractivity contribution in [2.24, 2.45) is 16.7 Å². The minimum Gasteiger partial charge on any atom is -0.428 e. The number of carbonyl (C=O) groups is 1. The molecule has 0 radical (unpaired) electrons. The van der Waals surface area contributed by atoms with Crippen molar-refractivity contribution in [2.75, 3.05) is 0 Å². The molecule has 1 aliphatic heterocycles. The molecule has 0 aromatic rings. The Labute approximate surface area is 113 Å². The summed E-state index contributed by atoms with van der Waals surface area (Å²) in [6.45, 7) is 6.43. The number of fused-ring (bicyclic) bond motifs is 2. The average Bonchev–Trinajstić information content (AvgIpc) is 2.61. The van der Waals surface area contributed by atoms with Crippen LogP contribution in [-0.2, 0) is 9.53 Å². The topological polar surface area (TPSA) is 66.8 Å². The lowest BCUT2D eigenvalue weighted by Crippen LogP contribution is -2.54. The summed E-state index contributed by atoms with van der Waals surface area (Å²) in [4.78, 5) is 11.8. The molecule has 0 spiro atoms. The van der Waals surface area contributed by atoms with Crippen LogP contribution in [0.1, 0.15) is 46.5 Å². The molecule has 3 rings (SSSR count). The zero-order chi connectivity index (χ0) is 14.0. The number of ether oxygens (including phenoxy) is 1. The fraction of sp³-hybridized carbons (Fsp3) is 0.800. The number of cyclic esters (lactones) is 1. The van der Waals surface area contributed by atoms with Crippen molar-refractivity contribution in [2.45, 2.75) is 58.8 Å². The van der Waals surface area contributed by atoms with Gasteiger partial charge in [0.15, 0.2) is 0 Å². The van der Waals surface area contributed by atoms with E-state index in [4.69, 9.17) is 4.74 Å². The maximum atomic E-state index is 11.8. The fourth-order valence-corrected chi connectivity index (χ4v) is 4.69. The van der Waals surface area contributed by atoms with Crippen molar-refractivity contribution in [3.05, 3.63) is 11.1 Å². The Hall–Kier alpha value is -0.870. The summed E-state index contributed by atoms with van der Waals surface area (Å²) in [6.07, 6.45) is 1.53. The van der Waals surface area contributed by atoms with Gasteiger partial charge in [0.05, 0.1) is 6.10 Å². The second-order valence-electron chi connectivity index (χ2n) is 7.07. The zero-order valence-corrected chi connectivity index (χ0v) is 11.8. The van der Waals surface area contributed by atoms with Crippen LogP contribution in [0.25, 0.3) is 0 Å². The van der Waals surface area contributed by atoms with Gasteiger partial charge in [-0.3, -0.25) is 0 Å². The van der Waals surface area contributed by atoms with Crippen molar-refractivity contribution in [1.29, 1.82) is 0 Å². The Morgan fingerprint density at radius 1 is 1.21 bits per heavy atom. The first kappa shape index (κ1) is 13.1. The Bertz CT molecular complexity index is 465. The van der Waals surface area contributed by atoms with Crippen LogP contribution in [0.15, 0.2) is 11.1 Å². The molecule has 1 heterocycles. The molecule has 0 bridgehead atoms. The molecular formula is C15H22O4.